The predicted molar refractivity (Wildman–Crippen MR) is 116 cm³/mol. The van der Waals surface area contributed by atoms with Gasteiger partial charge in [-0.2, -0.15) is 0 Å². The number of hydrogen-bond donors (Lipinski definition) is 2. The average molecular weight is 437 g/mol. The Hall–Kier alpha value is -1.76. The van der Waals surface area contributed by atoms with E-state index in [1.165, 1.54) is 7.11 Å². The summed E-state index contributed by atoms with van der Waals surface area (Å²) in [5.41, 5.74) is 0. The molecule has 0 radical (unpaired) electrons. The number of esters is 1. The van der Waals surface area contributed by atoms with E-state index < -0.39 is 34.1 Å². The van der Waals surface area contributed by atoms with Crippen LogP contribution in [0.25, 0.3) is 0 Å². The van der Waals surface area contributed by atoms with Gasteiger partial charge in [-0.15, -0.1) is 0 Å². The maximum absolute atomic E-state index is 12.0. The molecule has 0 saturated carbocycles. The van der Waals surface area contributed by atoms with Gasteiger partial charge in [0.05, 0.1) is 25.8 Å². The molecule has 2 N–H and O–H groups in total. The van der Waals surface area contributed by atoms with Crippen molar-refractivity contribution in [3.05, 3.63) is 60.7 Å². The number of carbonyl (C=O) groups excluding carboxylic acids is 1. The molecule has 6 nitrogen and oxygen atoms in total. The lowest BCUT2D eigenvalue weighted by atomic mass is 10.2. The maximum Gasteiger partial charge on any atom is 0.328 e. The fourth-order valence-electron chi connectivity index (χ4n) is 3.62. The van der Waals surface area contributed by atoms with Crippen molar-refractivity contribution in [2.45, 2.75) is 38.3 Å². The van der Waals surface area contributed by atoms with Gasteiger partial charge in [0.25, 0.3) is 8.32 Å². The molecule has 0 aliphatic rings. The molecular formula is C21H29O6PSi. The summed E-state index contributed by atoms with van der Waals surface area (Å²) in [7, 11) is -6.21. The van der Waals surface area contributed by atoms with Crippen molar-refractivity contribution in [3.63, 3.8) is 0 Å². The SMILES string of the molecule is COC(=O)CC(CP(=O)(O)O)O[Si](c1ccccc1)(c1ccccc1)C(C)(C)C. The topological polar surface area (TPSA) is 93.1 Å². The number of ether oxygens (including phenoxy) is 1. The van der Waals surface area contributed by atoms with E-state index in [0.29, 0.717) is 0 Å². The van der Waals surface area contributed by atoms with Crippen LogP contribution < -0.4 is 10.4 Å². The third kappa shape index (κ3) is 5.87. The van der Waals surface area contributed by atoms with E-state index in [-0.39, 0.29) is 11.5 Å². The Balaban J connectivity index is 2.67. The molecule has 0 heterocycles. The Bertz CT molecular complexity index is 805. The minimum absolute atomic E-state index is 0.230. The van der Waals surface area contributed by atoms with Crippen LogP contribution in [0, 0.1) is 0 Å². The maximum atomic E-state index is 12.0. The molecule has 2 rings (SSSR count). The molecule has 0 spiro atoms. The Morgan fingerprint density at radius 3 is 1.79 bits per heavy atom. The van der Waals surface area contributed by atoms with Crippen molar-refractivity contribution in [1.82, 2.24) is 0 Å². The zero-order valence-corrected chi connectivity index (χ0v) is 19.1. The second kappa shape index (κ2) is 9.37. The Kier molecular flexibility index (Phi) is 7.60. The fraction of sp³-hybridized carbons (Fsp3) is 0.381. The van der Waals surface area contributed by atoms with E-state index in [4.69, 9.17) is 9.16 Å². The Morgan fingerprint density at radius 2 is 1.45 bits per heavy atom. The van der Waals surface area contributed by atoms with Gasteiger partial charge >= 0.3 is 13.6 Å². The van der Waals surface area contributed by atoms with Gasteiger partial charge in [0.2, 0.25) is 0 Å². The lowest BCUT2D eigenvalue weighted by molar-refractivity contribution is -0.142. The zero-order valence-electron chi connectivity index (χ0n) is 17.2. The van der Waals surface area contributed by atoms with Crippen molar-refractivity contribution < 1.29 is 28.3 Å². The molecule has 0 aromatic heterocycles. The van der Waals surface area contributed by atoms with Gasteiger partial charge in [0.1, 0.15) is 0 Å². The third-order valence-electron chi connectivity index (χ3n) is 4.82. The summed E-state index contributed by atoms with van der Waals surface area (Å²) in [6, 6.07) is 19.5. The summed E-state index contributed by atoms with van der Waals surface area (Å²) in [5.74, 6) is -0.568. The summed E-state index contributed by atoms with van der Waals surface area (Å²) in [6.07, 6.45) is -1.76. The van der Waals surface area contributed by atoms with Crippen LogP contribution in [0.4, 0.5) is 0 Å². The van der Waals surface area contributed by atoms with Gasteiger partial charge < -0.3 is 18.9 Å². The summed E-state index contributed by atoms with van der Waals surface area (Å²) < 4.78 is 23.2. The van der Waals surface area contributed by atoms with Gasteiger partial charge in [0.15, 0.2) is 0 Å². The normalized spacial score (nSPS) is 13.7. The minimum atomic E-state index is -4.42. The van der Waals surface area contributed by atoms with Crippen molar-refractivity contribution in [2.75, 3.05) is 13.3 Å². The van der Waals surface area contributed by atoms with E-state index in [1.54, 1.807) is 0 Å². The van der Waals surface area contributed by atoms with Crippen LogP contribution in [0.1, 0.15) is 27.2 Å². The van der Waals surface area contributed by atoms with E-state index >= 15 is 0 Å². The first-order chi connectivity index (χ1) is 13.5. The van der Waals surface area contributed by atoms with Gasteiger partial charge in [-0.25, -0.2) is 0 Å². The number of benzene rings is 2. The van der Waals surface area contributed by atoms with Crippen LogP contribution in [-0.4, -0.2) is 43.4 Å². The van der Waals surface area contributed by atoms with E-state index in [2.05, 4.69) is 20.8 Å². The molecule has 0 aliphatic heterocycles. The average Bonchev–Trinajstić information content (AvgIpc) is 2.65. The molecule has 158 valence electrons. The van der Waals surface area contributed by atoms with E-state index in [9.17, 15) is 19.1 Å². The molecule has 8 heteroatoms. The lowest BCUT2D eigenvalue weighted by Gasteiger charge is -2.45. The molecule has 0 saturated heterocycles. The van der Waals surface area contributed by atoms with Gasteiger partial charge in [-0.05, 0) is 15.4 Å². The first-order valence-electron chi connectivity index (χ1n) is 9.40. The molecule has 1 atom stereocenters. The van der Waals surface area contributed by atoms with Crippen LogP contribution in [0.5, 0.6) is 0 Å². The highest BCUT2D eigenvalue weighted by atomic mass is 31.2. The van der Waals surface area contributed by atoms with E-state index in [0.717, 1.165) is 10.4 Å². The first-order valence-corrected chi connectivity index (χ1v) is 13.1. The molecule has 0 fully saturated rings. The van der Waals surface area contributed by atoms with Crippen molar-refractivity contribution in [2.24, 2.45) is 0 Å². The second-order valence-corrected chi connectivity index (χ2v) is 14.0. The van der Waals surface area contributed by atoms with Crippen molar-refractivity contribution in [1.29, 1.82) is 0 Å². The third-order valence-corrected chi connectivity index (χ3v) is 10.8. The van der Waals surface area contributed by atoms with Gasteiger partial charge in [-0.1, -0.05) is 81.4 Å². The highest BCUT2D eigenvalue weighted by molar-refractivity contribution is 7.51. The fourth-order valence-corrected chi connectivity index (χ4v) is 9.18. The molecule has 29 heavy (non-hydrogen) atoms. The zero-order chi connectivity index (χ0) is 21.7. The summed E-state index contributed by atoms with van der Waals surface area (Å²) in [4.78, 5) is 31.2. The summed E-state index contributed by atoms with van der Waals surface area (Å²) in [5, 5.41) is 1.57. The van der Waals surface area contributed by atoms with E-state index in [1.807, 2.05) is 60.7 Å². The highest BCUT2D eigenvalue weighted by Gasteiger charge is 2.52. The Morgan fingerprint density at radius 1 is 1.00 bits per heavy atom. The summed E-state index contributed by atoms with van der Waals surface area (Å²) >= 11 is 0. The van der Waals surface area contributed by atoms with Gasteiger partial charge in [-0.3, -0.25) is 9.36 Å². The molecule has 1 unspecified atom stereocenters. The lowest BCUT2D eigenvalue weighted by Crippen LogP contribution is -2.68. The highest BCUT2D eigenvalue weighted by Crippen LogP contribution is 2.41. The minimum Gasteiger partial charge on any atom is -0.469 e. The Labute approximate surface area is 173 Å². The number of methoxy groups -OCH3 is 1. The van der Waals surface area contributed by atoms with Crippen LogP contribution in [-0.2, 0) is 18.5 Å². The molecule has 2 aromatic rings. The first kappa shape index (κ1) is 23.5. The number of rotatable bonds is 8. The van der Waals surface area contributed by atoms with Gasteiger partial charge in [0, 0.05) is 0 Å². The summed E-state index contributed by atoms with van der Waals surface area (Å²) in [6.45, 7) is 6.18. The smallest absolute Gasteiger partial charge is 0.328 e. The number of hydrogen-bond acceptors (Lipinski definition) is 4. The van der Waals surface area contributed by atoms with Crippen molar-refractivity contribution >= 4 is 32.3 Å². The van der Waals surface area contributed by atoms with Crippen molar-refractivity contribution in [3.8, 4) is 0 Å². The molecule has 2 aromatic carbocycles. The second-order valence-electron chi connectivity index (χ2n) is 8.03. The monoisotopic (exact) mass is 436 g/mol. The molecule has 0 aliphatic carbocycles. The van der Waals surface area contributed by atoms with Crippen LogP contribution in [0.3, 0.4) is 0 Å². The van der Waals surface area contributed by atoms with Crippen LogP contribution in [0.2, 0.25) is 5.04 Å². The number of carbonyl (C=O) groups is 1. The van der Waals surface area contributed by atoms with Crippen LogP contribution >= 0.6 is 7.60 Å². The predicted octanol–water partition coefficient (Wildman–Crippen LogP) is 2.67. The molecule has 0 bridgehead atoms. The largest absolute Gasteiger partial charge is 0.469 e. The standard InChI is InChI=1S/C21H29O6PSi/c1-21(2,3)29(18-11-7-5-8-12-18,19-13-9-6-10-14-19)27-17(15-20(22)26-4)16-28(23,24)25/h5-14,17H,15-16H2,1-4H3,(H2,23,24,25). The molecule has 0 amide bonds. The van der Waals surface area contributed by atoms with Crippen LogP contribution in [0.15, 0.2) is 60.7 Å². The quantitative estimate of drug-likeness (QED) is 0.376. The molecular weight excluding hydrogens is 407 g/mol.